The maximum absolute atomic E-state index is 12.2. The van der Waals surface area contributed by atoms with Gasteiger partial charge in [0, 0.05) is 19.0 Å². The van der Waals surface area contributed by atoms with Gasteiger partial charge < -0.3 is 15.3 Å². The monoisotopic (exact) mass is 544 g/mol. The number of thiophene rings is 1. The normalized spacial score (nSPS) is 13.1. The third kappa shape index (κ3) is 7.64. The summed E-state index contributed by atoms with van der Waals surface area (Å²) >= 11 is 2.74. The molecule has 152 valence electrons. The van der Waals surface area contributed by atoms with Crippen molar-refractivity contribution in [2.75, 3.05) is 25.9 Å². The number of aliphatic hydroxyl groups excluding tert-OH is 1. The molecule has 1 atom stereocenters. The van der Waals surface area contributed by atoms with Crippen LogP contribution in [0.4, 0.5) is 0 Å². The van der Waals surface area contributed by atoms with Gasteiger partial charge in [0.1, 0.15) is 4.21 Å². The summed E-state index contributed by atoms with van der Waals surface area (Å²) in [5.41, 5.74) is 0.946. The Bertz CT molecular complexity index is 822. The van der Waals surface area contributed by atoms with E-state index < -0.39 is 15.9 Å². The van der Waals surface area contributed by atoms with Crippen molar-refractivity contribution >= 4 is 62.4 Å². The van der Waals surface area contributed by atoms with Crippen LogP contribution in [0.5, 0.6) is 0 Å². The Morgan fingerprint density at radius 3 is 2.74 bits per heavy atom. The van der Waals surface area contributed by atoms with Crippen LogP contribution in [0.1, 0.15) is 17.6 Å². The summed E-state index contributed by atoms with van der Waals surface area (Å²) in [7, 11) is -1.61. The highest BCUT2D eigenvalue weighted by Gasteiger charge is 2.21. The number of aryl methyl sites for hydroxylation is 1. The van der Waals surface area contributed by atoms with E-state index in [9.17, 15) is 13.5 Å². The van der Waals surface area contributed by atoms with Crippen LogP contribution in [0, 0.1) is 6.92 Å². The standard InChI is InChI=1S/C16H24N4O3S3.HI/c1-4-17-16(20(3)9-13-10-25-12(2)19-13)18-8-14(21)11-26(22,23)15-6-5-7-24-15;/h5-7,10,14,21H,4,8-9,11H2,1-3H3,(H,17,18);1H. The van der Waals surface area contributed by atoms with Crippen molar-refractivity contribution < 1.29 is 13.5 Å². The fourth-order valence-corrected chi connectivity index (χ4v) is 5.36. The maximum atomic E-state index is 12.2. The van der Waals surface area contributed by atoms with Crippen LogP contribution < -0.4 is 5.32 Å². The lowest BCUT2D eigenvalue weighted by Gasteiger charge is -2.21. The van der Waals surface area contributed by atoms with Crippen molar-refractivity contribution in [1.82, 2.24) is 15.2 Å². The maximum Gasteiger partial charge on any atom is 0.194 e. The van der Waals surface area contributed by atoms with Gasteiger partial charge in [-0.05, 0) is 25.3 Å². The minimum Gasteiger partial charge on any atom is -0.390 e. The first kappa shape index (κ1) is 24.3. The zero-order valence-electron chi connectivity index (χ0n) is 15.5. The van der Waals surface area contributed by atoms with Gasteiger partial charge in [0.2, 0.25) is 0 Å². The Balaban J connectivity index is 0.00000364. The molecule has 0 aliphatic rings. The van der Waals surface area contributed by atoms with E-state index in [0.717, 1.165) is 22.0 Å². The van der Waals surface area contributed by atoms with Gasteiger partial charge in [0.05, 0.1) is 35.6 Å². The van der Waals surface area contributed by atoms with Crippen LogP contribution >= 0.6 is 46.7 Å². The summed E-state index contributed by atoms with van der Waals surface area (Å²) < 4.78 is 24.7. The summed E-state index contributed by atoms with van der Waals surface area (Å²) in [5, 5.41) is 18.0. The molecule has 2 rings (SSSR count). The van der Waals surface area contributed by atoms with E-state index in [0.29, 0.717) is 19.0 Å². The predicted molar refractivity (Wildman–Crippen MR) is 122 cm³/mol. The number of hydrogen-bond acceptors (Lipinski definition) is 7. The van der Waals surface area contributed by atoms with Crippen molar-refractivity contribution in [2.24, 2.45) is 4.99 Å². The number of sulfone groups is 1. The molecule has 27 heavy (non-hydrogen) atoms. The van der Waals surface area contributed by atoms with Crippen LogP contribution in [-0.2, 0) is 16.4 Å². The fourth-order valence-electron chi connectivity index (χ4n) is 2.29. The van der Waals surface area contributed by atoms with Gasteiger partial charge in [-0.15, -0.1) is 46.7 Å². The number of aliphatic hydroxyl groups is 1. The van der Waals surface area contributed by atoms with Crippen LogP contribution in [0.15, 0.2) is 32.1 Å². The average molecular weight is 545 g/mol. The number of rotatable bonds is 8. The van der Waals surface area contributed by atoms with Gasteiger partial charge in [-0.1, -0.05) is 6.07 Å². The second-order valence-electron chi connectivity index (χ2n) is 5.78. The van der Waals surface area contributed by atoms with E-state index in [4.69, 9.17) is 0 Å². The fraction of sp³-hybridized carbons (Fsp3) is 0.500. The highest BCUT2D eigenvalue weighted by atomic mass is 127. The summed E-state index contributed by atoms with van der Waals surface area (Å²) in [5.74, 6) is 0.261. The molecule has 2 aromatic rings. The van der Waals surface area contributed by atoms with Crippen LogP contribution in [-0.4, -0.2) is 61.4 Å². The first-order valence-corrected chi connectivity index (χ1v) is 11.6. The third-order valence-electron chi connectivity index (χ3n) is 3.43. The van der Waals surface area contributed by atoms with Crippen molar-refractivity contribution in [1.29, 1.82) is 0 Å². The summed E-state index contributed by atoms with van der Waals surface area (Å²) in [6, 6.07) is 3.23. The Morgan fingerprint density at radius 2 is 2.19 bits per heavy atom. The van der Waals surface area contributed by atoms with Gasteiger partial charge in [0.15, 0.2) is 15.8 Å². The van der Waals surface area contributed by atoms with E-state index in [1.165, 1.54) is 0 Å². The van der Waals surface area contributed by atoms with Gasteiger partial charge in [-0.3, -0.25) is 4.99 Å². The molecular formula is C16H25IN4O3S3. The molecular weight excluding hydrogens is 519 g/mol. The molecule has 0 radical (unpaired) electrons. The highest BCUT2D eigenvalue weighted by molar-refractivity contribution is 14.0. The smallest absolute Gasteiger partial charge is 0.194 e. The number of nitrogens with zero attached hydrogens (tertiary/aromatic N) is 3. The molecule has 0 aliphatic heterocycles. The zero-order valence-corrected chi connectivity index (χ0v) is 20.2. The number of thiazole rings is 1. The molecule has 0 bridgehead atoms. The van der Waals surface area contributed by atoms with Crippen LogP contribution in [0.25, 0.3) is 0 Å². The van der Waals surface area contributed by atoms with E-state index >= 15 is 0 Å². The first-order valence-electron chi connectivity index (χ1n) is 8.16. The Morgan fingerprint density at radius 1 is 1.44 bits per heavy atom. The number of halogens is 1. The third-order valence-corrected chi connectivity index (χ3v) is 7.53. The zero-order chi connectivity index (χ0) is 19.2. The second-order valence-corrected chi connectivity index (χ2v) is 10.0. The largest absolute Gasteiger partial charge is 0.390 e. The molecule has 0 spiro atoms. The number of aliphatic imine (C=N–C) groups is 1. The molecule has 0 aromatic carbocycles. The van der Waals surface area contributed by atoms with Crippen LogP contribution in [0.2, 0.25) is 0 Å². The molecule has 2 heterocycles. The average Bonchev–Trinajstić information content (AvgIpc) is 3.23. The quantitative estimate of drug-likeness (QED) is 0.301. The van der Waals surface area contributed by atoms with E-state index in [1.807, 2.05) is 31.2 Å². The van der Waals surface area contributed by atoms with Gasteiger partial charge in [0.25, 0.3) is 0 Å². The first-order chi connectivity index (χ1) is 12.3. The van der Waals surface area contributed by atoms with Gasteiger partial charge in [-0.25, -0.2) is 13.4 Å². The summed E-state index contributed by atoms with van der Waals surface area (Å²) in [6.45, 7) is 5.17. The predicted octanol–water partition coefficient (Wildman–Crippen LogP) is 2.36. The number of guanidine groups is 1. The lowest BCUT2D eigenvalue weighted by atomic mass is 10.4. The van der Waals surface area contributed by atoms with Crippen LogP contribution in [0.3, 0.4) is 0 Å². The van der Waals surface area contributed by atoms with Gasteiger partial charge in [-0.2, -0.15) is 0 Å². The molecule has 0 aliphatic carbocycles. The van der Waals surface area contributed by atoms with E-state index in [-0.39, 0.29) is 40.5 Å². The lowest BCUT2D eigenvalue weighted by Crippen LogP contribution is -2.39. The topological polar surface area (TPSA) is 94.9 Å². The Labute approximate surface area is 185 Å². The van der Waals surface area contributed by atoms with Crippen molar-refractivity contribution in [3.63, 3.8) is 0 Å². The minimum absolute atomic E-state index is 0. The van der Waals surface area contributed by atoms with Crippen molar-refractivity contribution in [2.45, 2.75) is 30.7 Å². The van der Waals surface area contributed by atoms with Crippen molar-refractivity contribution in [3.8, 4) is 0 Å². The molecule has 0 saturated heterocycles. The molecule has 0 amide bonds. The number of hydrogen-bond donors (Lipinski definition) is 2. The molecule has 0 saturated carbocycles. The SMILES string of the molecule is CCNC(=NCC(O)CS(=O)(=O)c1cccs1)N(C)Cc1csc(C)n1.I. The highest BCUT2D eigenvalue weighted by Crippen LogP contribution is 2.18. The van der Waals surface area contributed by atoms with Gasteiger partial charge >= 0.3 is 0 Å². The Kier molecular flexibility index (Phi) is 10.2. The van der Waals surface area contributed by atoms with Crippen molar-refractivity contribution in [3.05, 3.63) is 33.6 Å². The van der Waals surface area contributed by atoms with E-state index in [1.54, 1.807) is 28.8 Å². The molecule has 2 aromatic heterocycles. The molecule has 1 unspecified atom stereocenters. The number of nitrogens with one attached hydrogen (secondary N) is 1. The molecule has 7 nitrogen and oxygen atoms in total. The lowest BCUT2D eigenvalue weighted by molar-refractivity contribution is 0.205. The second kappa shape index (κ2) is 11.3. The molecule has 2 N–H and O–H groups in total. The summed E-state index contributed by atoms with van der Waals surface area (Å²) in [6.07, 6.45) is -1.06. The molecule has 0 fully saturated rings. The molecule has 11 heteroatoms. The van der Waals surface area contributed by atoms with E-state index in [2.05, 4.69) is 15.3 Å². The minimum atomic E-state index is -3.49. The Hall–Kier alpha value is -0.760. The summed E-state index contributed by atoms with van der Waals surface area (Å²) in [4.78, 5) is 10.7. The number of aromatic nitrogens is 1.